The minimum absolute atomic E-state index is 0.201. The standard InChI is InChI=1S/C17H21NO3/c1-20-16-9-5-7-13(17(16)21-2)10-12-6-3-4-8-14(12)15(19)11-18/h3-9,15,19H,10-11,18H2,1-2H3. The summed E-state index contributed by atoms with van der Waals surface area (Å²) in [6.07, 6.45) is -0.00838. The number of hydrogen-bond acceptors (Lipinski definition) is 4. The quantitative estimate of drug-likeness (QED) is 0.855. The number of nitrogens with two attached hydrogens (primary N) is 1. The highest BCUT2D eigenvalue weighted by molar-refractivity contribution is 5.49. The third kappa shape index (κ3) is 3.35. The van der Waals surface area contributed by atoms with E-state index in [0.717, 1.165) is 22.4 Å². The molecule has 2 aromatic carbocycles. The Hall–Kier alpha value is -2.04. The van der Waals surface area contributed by atoms with Gasteiger partial charge in [-0.1, -0.05) is 36.4 Å². The predicted molar refractivity (Wildman–Crippen MR) is 82.8 cm³/mol. The third-order valence-corrected chi connectivity index (χ3v) is 3.50. The molecular weight excluding hydrogens is 266 g/mol. The molecule has 0 aliphatic heterocycles. The van der Waals surface area contributed by atoms with Crippen LogP contribution >= 0.6 is 0 Å². The SMILES string of the molecule is COc1cccc(Cc2ccccc2C(O)CN)c1OC. The van der Waals surface area contributed by atoms with Crippen LogP contribution in [0.2, 0.25) is 0 Å². The summed E-state index contributed by atoms with van der Waals surface area (Å²) >= 11 is 0. The Balaban J connectivity index is 2.39. The summed E-state index contributed by atoms with van der Waals surface area (Å²) in [5.74, 6) is 1.42. The van der Waals surface area contributed by atoms with Crippen molar-refractivity contribution in [3.63, 3.8) is 0 Å². The van der Waals surface area contributed by atoms with E-state index in [1.807, 2.05) is 42.5 Å². The van der Waals surface area contributed by atoms with Crippen LogP contribution in [0.15, 0.2) is 42.5 Å². The number of para-hydroxylation sites is 1. The molecular formula is C17H21NO3. The summed E-state index contributed by atoms with van der Waals surface area (Å²) in [5, 5.41) is 10.0. The van der Waals surface area contributed by atoms with Crippen molar-refractivity contribution < 1.29 is 14.6 Å². The van der Waals surface area contributed by atoms with Gasteiger partial charge in [-0.05, 0) is 17.2 Å². The Kier molecular flexibility index (Phi) is 5.20. The van der Waals surface area contributed by atoms with Crippen LogP contribution in [-0.2, 0) is 6.42 Å². The maximum absolute atomic E-state index is 10.0. The van der Waals surface area contributed by atoms with Crippen molar-refractivity contribution in [1.82, 2.24) is 0 Å². The van der Waals surface area contributed by atoms with Gasteiger partial charge >= 0.3 is 0 Å². The average molecular weight is 287 g/mol. The highest BCUT2D eigenvalue weighted by Crippen LogP contribution is 2.33. The Labute approximate surface area is 125 Å². The Bertz CT molecular complexity index is 598. The van der Waals surface area contributed by atoms with Crippen molar-refractivity contribution >= 4 is 0 Å². The lowest BCUT2D eigenvalue weighted by Gasteiger charge is -2.16. The molecule has 0 fully saturated rings. The number of benzene rings is 2. The van der Waals surface area contributed by atoms with Gasteiger partial charge in [-0.25, -0.2) is 0 Å². The molecule has 0 heterocycles. The van der Waals surface area contributed by atoms with Crippen LogP contribution in [0.25, 0.3) is 0 Å². The van der Waals surface area contributed by atoms with E-state index in [1.165, 1.54) is 0 Å². The highest BCUT2D eigenvalue weighted by Gasteiger charge is 2.14. The highest BCUT2D eigenvalue weighted by atomic mass is 16.5. The van der Waals surface area contributed by atoms with Crippen LogP contribution in [0, 0.1) is 0 Å². The largest absolute Gasteiger partial charge is 0.493 e. The molecule has 4 nitrogen and oxygen atoms in total. The van der Waals surface area contributed by atoms with Gasteiger partial charge in [0.2, 0.25) is 0 Å². The molecule has 0 saturated heterocycles. The van der Waals surface area contributed by atoms with E-state index in [2.05, 4.69) is 0 Å². The lowest BCUT2D eigenvalue weighted by molar-refractivity contribution is 0.186. The number of ether oxygens (including phenoxy) is 2. The van der Waals surface area contributed by atoms with Crippen molar-refractivity contribution in [3.8, 4) is 11.5 Å². The monoisotopic (exact) mass is 287 g/mol. The second-order valence-electron chi connectivity index (χ2n) is 4.78. The van der Waals surface area contributed by atoms with Gasteiger partial charge in [0, 0.05) is 18.5 Å². The number of rotatable bonds is 6. The minimum Gasteiger partial charge on any atom is -0.493 e. The first-order valence-electron chi connectivity index (χ1n) is 6.87. The first-order chi connectivity index (χ1) is 10.2. The number of methoxy groups -OCH3 is 2. The van der Waals surface area contributed by atoms with E-state index in [0.29, 0.717) is 12.2 Å². The van der Waals surface area contributed by atoms with Gasteiger partial charge in [-0.2, -0.15) is 0 Å². The molecule has 4 heteroatoms. The molecule has 0 aromatic heterocycles. The fraction of sp³-hybridized carbons (Fsp3) is 0.294. The summed E-state index contributed by atoms with van der Waals surface area (Å²) < 4.78 is 10.8. The van der Waals surface area contributed by atoms with Gasteiger partial charge < -0.3 is 20.3 Å². The maximum atomic E-state index is 10.0. The van der Waals surface area contributed by atoms with E-state index < -0.39 is 6.10 Å². The molecule has 1 unspecified atom stereocenters. The van der Waals surface area contributed by atoms with E-state index >= 15 is 0 Å². The van der Waals surface area contributed by atoms with Crippen molar-refractivity contribution in [2.75, 3.05) is 20.8 Å². The van der Waals surface area contributed by atoms with E-state index in [1.54, 1.807) is 14.2 Å². The lowest BCUT2D eigenvalue weighted by atomic mass is 9.96. The molecule has 2 aromatic rings. The summed E-state index contributed by atoms with van der Waals surface area (Å²) in [6, 6.07) is 13.5. The van der Waals surface area contributed by atoms with E-state index in [4.69, 9.17) is 15.2 Å². The van der Waals surface area contributed by atoms with E-state index in [9.17, 15) is 5.11 Å². The minimum atomic E-state index is -0.655. The van der Waals surface area contributed by atoms with Gasteiger partial charge in [0.15, 0.2) is 11.5 Å². The molecule has 0 radical (unpaired) electrons. The Morgan fingerprint density at radius 1 is 1.00 bits per heavy atom. The number of hydrogen-bond donors (Lipinski definition) is 2. The Morgan fingerprint density at radius 3 is 2.38 bits per heavy atom. The van der Waals surface area contributed by atoms with Crippen molar-refractivity contribution in [2.45, 2.75) is 12.5 Å². The molecule has 1 atom stereocenters. The summed E-state index contributed by atoms with van der Waals surface area (Å²) in [5.41, 5.74) is 8.46. The molecule has 0 aliphatic rings. The van der Waals surface area contributed by atoms with Gasteiger partial charge in [0.05, 0.1) is 20.3 Å². The van der Waals surface area contributed by atoms with Gasteiger partial charge in [0.1, 0.15) is 0 Å². The third-order valence-electron chi connectivity index (χ3n) is 3.50. The summed E-state index contributed by atoms with van der Waals surface area (Å²) in [6.45, 7) is 0.201. The van der Waals surface area contributed by atoms with Gasteiger partial charge in [-0.15, -0.1) is 0 Å². The van der Waals surface area contributed by atoms with Crippen molar-refractivity contribution in [1.29, 1.82) is 0 Å². The normalized spacial score (nSPS) is 12.0. The smallest absolute Gasteiger partial charge is 0.164 e. The summed E-state index contributed by atoms with van der Waals surface area (Å²) in [4.78, 5) is 0. The molecule has 2 rings (SSSR count). The van der Waals surface area contributed by atoms with Crippen LogP contribution < -0.4 is 15.2 Å². The molecule has 3 N–H and O–H groups in total. The Morgan fingerprint density at radius 2 is 1.71 bits per heavy atom. The first-order valence-corrected chi connectivity index (χ1v) is 6.87. The zero-order valence-corrected chi connectivity index (χ0v) is 12.4. The van der Waals surface area contributed by atoms with Gasteiger partial charge in [0.25, 0.3) is 0 Å². The summed E-state index contributed by atoms with van der Waals surface area (Å²) in [7, 11) is 3.25. The molecule has 21 heavy (non-hydrogen) atoms. The number of aliphatic hydroxyl groups is 1. The predicted octanol–water partition coefficient (Wildman–Crippen LogP) is 2.29. The molecule has 0 amide bonds. The zero-order chi connectivity index (χ0) is 15.2. The zero-order valence-electron chi connectivity index (χ0n) is 12.4. The molecule has 0 aliphatic carbocycles. The van der Waals surface area contributed by atoms with Crippen LogP contribution in [0.1, 0.15) is 22.8 Å². The molecule has 0 saturated carbocycles. The number of aliphatic hydroxyl groups excluding tert-OH is 1. The van der Waals surface area contributed by atoms with Gasteiger partial charge in [-0.3, -0.25) is 0 Å². The topological polar surface area (TPSA) is 64.7 Å². The second-order valence-corrected chi connectivity index (χ2v) is 4.78. The van der Waals surface area contributed by atoms with Crippen molar-refractivity contribution in [3.05, 3.63) is 59.2 Å². The average Bonchev–Trinajstić information content (AvgIpc) is 2.54. The van der Waals surface area contributed by atoms with Crippen LogP contribution in [0.5, 0.6) is 11.5 Å². The lowest BCUT2D eigenvalue weighted by Crippen LogP contribution is -2.13. The van der Waals surface area contributed by atoms with Crippen LogP contribution in [0.4, 0.5) is 0 Å². The van der Waals surface area contributed by atoms with Crippen LogP contribution in [-0.4, -0.2) is 25.9 Å². The fourth-order valence-corrected chi connectivity index (χ4v) is 2.45. The van der Waals surface area contributed by atoms with Crippen LogP contribution in [0.3, 0.4) is 0 Å². The second kappa shape index (κ2) is 7.11. The first kappa shape index (κ1) is 15.4. The maximum Gasteiger partial charge on any atom is 0.164 e. The van der Waals surface area contributed by atoms with E-state index in [-0.39, 0.29) is 6.54 Å². The molecule has 0 spiro atoms. The molecule has 0 bridgehead atoms. The fourth-order valence-electron chi connectivity index (χ4n) is 2.45. The molecule has 112 valence electrons. The van der Waals surface area contributed by atoms with Crippen molar-refractivity contribution in [2.24, 2.45) is 5.73 Å².